The summed E-state index contributed by atoms with van der Waals surface area (Å²) in [5, 5.41) is 9.54. The average Bonchev–Trinajstić information content (AvgIpc) is 3.20. The minimum Gasteiger partial charge on any atom is -0.451 e. The molecule has 1 aromatic heterocycles. The van der Waals surface area contributed by atoms with E-state index in [9.17, 15) is 9.59 Å². The molecule has 0 aliphatic heterocycles. The van der Waals surface area contributed by atoms with Crippen LogP contribution in [0.2, 0.25) is 0 Å². The van der Waals surface area contributed by atoms with Gasteiger partial charge in [0.2, 0.25) is 0 Å². The maximum absolute atomic E-state index is 12.6. The fourth-order valence-electron chi connectivity index (χ4n) is 3.14. The van der Waals surface area contributed by atoms with E-state index in [4.69, 9.17) is 16.6 Å². The highest BCUT2D eigenvalue weighted by atomic mass is 79.9. The molecule has 8 heteroatoms. The van der Waals surface area contributed by atoms with Gasteiger partial charge < -0.3 is 15.1 Å². The normalized spacial score (nSPS) is 10.6. The van der Waals surface area contributed by atoms with Crippen molar-refractivity contribution in [3.05, 3.63) is 94.2 Å². The van der Waals surface area contributed by atoms with E-state index in [0.717, 1.165) is 10.9 Å². The second-order valence-electron chi connectivity index (χ2n) is 7.02. The molecule has 1 heterocycles. The topological polar surface area (TPSA) is 83.4 Å². The zero-order chi connectivity index (χ0) is 22.7. The van der Waals surface area contributed by atoms with Crippen molar-refractivity contribution >= 4 is 67.4 Å². The van der Waals surface area contributed by atoms with E-state index in [1.54, 1.807) is 36.4 Å². The largest absolute Gasteiger partial charge is 0.451 e. The monoisotopic (exact) mass is 507 g/mol. The number of halogens is 1. The number of benzene rings is 3. The Kier molecular flexibility index (Phi) is 6.34. The minimum absolute atomic E-state index is 0.171. The number of nitrogens with one attached hydrogen (secondary N) is 3. The Balaban J connectivity index is 1.40. The molecule has 4 rings (SSSR count). The van der Waals surface area contributed by atoms with Gasteiger partial charge in [-0.15, -0.1) is 0 Å². The summed E-state index contributed by atoms with van der Waals surface area (Å²) in [6, 6.07) is 21.6. The molecule has 0 aliphatic rings. The molecule has 6 nitrogen and oxygen atoms in total. The van der Waals surface area contributed by atoms with Crippen molar-refractivity contribution in [2.24, 2.45) is 0 Å². The number of para-hydroxylation sites is 1. The van der Waals surface area contributed by atoms with Crippen LogP contribution in [0.1, 0.15) is 26.5 Å². The van der Waals surface area contributed by atoms with Crippen LogP contribution in [0.4, 0.5) is 11.4 Å². The lowest BCUT2D eigenvalue weighted by Gasteiger charge is -2.13. The molecular formula is C24H18BrN3O3S. The van der Waals surface area contributed by atoms with Crippen LogP contribution in [-0.2, 0) is 0 Å². The third-order valence-electron chi connectivity index (χ3n) is 4.73. The molecule has 0 aliphatic carbocycles. The number of carbonyl (C=O) groups is 2. The molecule has 0 spiro atoms. The molecule has 2 amide bonds. The number of rotatable bonds is 4. The second kappa shape index (κ2) is 9.33. The van der Waals surface area contributed by atoms with Crippen molar-refractivity contribution in [2.45, 2.75) is 6.92 Å². The Morgan fingerprint density at radius 3 is 2.41 bits per heavy atom. The molecule has 0 radical (unpaired) electrons. The average molecular weight is 508 g/mol. The maximum Gasteiger partial charge on any atom is 0.291 e. The van der Waals surface area contributed by atoms with Crippen LogP contribution in [0.15, 0.2) is 81.7 Å². The minimum atomic E-state index is -0.332. The van der Waals surface area contributed by atoms with Gasteiger partial charge in [0.1, 0.15) is 5.58 Å². The van der Waals surface area contributed by atoms with Crippen LogP contribution in [0.25, 0.3) is 11.0 Å². The number of amides is 2. The van der Waals surface area contributed by atoms with Crippen molar-refractivity contribution in [3.63, 3.8) is 0 Å². The predicted molar refractivity (Wildman–Crippen MR) is 133 cm³/mol. The van der Waals surface area contributed by atoms with E-state index in [-0.39, 0.29) is 22.7 Å². The van der Waals surface area contributed by atoms with Crippen LogP contribution < -0.4 is 16.0 Å². The summed E-state index contributed by atoms with van der Waals surface area (Å²) < 4.78 is 6.30. The zero-order valence-corrected chi connectivity index (χ0v) is 19.3. The summed E-state index contributed by atoms with van der Waals surface area (Å²) in [7, 11) is 0. The molecule has 0 fully saturated rings. The van der Waals surface area contributed by atoms with Crippen molar-refractivity contribution in [1.29, 1.82) is 0 Å². The van der Waals surface area contributed by atoms with Gasteiger partial charge in [0, 0.05) is 21.2 Å². The van der Waals surface area contributed by atoms with E-state index < -0.39 is 0 Å². The van der Waals surface area contributed by atoms with Gasteiger partial charge in [0.05, 0.1) is 5.56 Å². The summed E-state index contributed by atoms with van der Waals surface area (Å²) in [6.45, 7) is 1.86. The maximum atomic E-state index is 12.6. The molecule has 0 saturated heterocycles. The number of anilines is 2. The number of hydrogen-bond acceptors (Lipinski definition) is 4. The van der Waals surface area contributed by atoms with E-state index in [2.05, 4.69) is 31.9 Å². The highest BCUT2D eigenvalue weighted by molar-refractivity contribution is 9.10. The van der Waals surface area contributed by atoms with Gasteiger partial charge in [-0.3, -0.25) is 14.9 Å². The van der Waals surface area contributed by atoms with Crippen molar-refractivity contribution in [2.75, 3.05) is 10.6 Å². The lowest BCUT2D eigenvalue weighted by molar-refractivity contribution is 0.0974. The molecule has 160 valence electrons. The number of fused-ring (bicyclic) bond motifs is 1. The second-order valence-corrected chi connectivity index (χ2v) is 8.28. The van der Waals surface area contributed by atoms with Crippen molar-refractivity contribution < 1.29 is 14.0 Å². The SMILES string of the molecule is Cc1cc(NC(=S)NC(=O)c2ccccc2Br)ccc1NC(=O)c1cc2ccccc2o1. The first-order valence-corrected chi connectivity index (χ1v) is 10.9. The first kappa shape index (κ1) is 21.7. The molecule has 3 aromatic carbocycles. The highest BCUT2D eigenvalue weighted by Crippen LogP contribution is 2.23. The van der Waals surface area contributed by atoms with Crippen LogP contribution in [0.5, 0.6) is 0 Å². The van der Waals surface area contributed by atoms with E-state index in [1.807, 2.05) is 43.3 Å². The summed E-state index contributed by atoms with van der Waals surface area (Å²) >= 11 is 8.61. The van der Waals surface area contributed by atoms with Crippen molar-refractivity contribution in [1.82, 2.24) is 5.32 Å². The van der Waals surface area contributed by atoms with Crippen LogP contribution in [0, 0.1) is 6.92 Å². The van der Waals surface area contributed by atoms with Gasteiger partial charge >= 0.3 is 0 Å². The fraction of sp³-hybridized carbons (Fsp3) is 0.0417. The number of furan rings is 1. The van der Waals surface area contributed by atoms with Crippen LogP contribution >= 0.6 is 28.1 Å². The first-order chi connectivity index (χ1) is 15.4. The molecule has 0 atom stereocenters. The third kappa shape index (κ3) is 4.87. The molecular weight excluding hydrogens is 490 g/mol. The standard InChI is InChI=1S/C24H18BrN3O3S/c1-14-12-16(26-24(32)28-22(29)17-7-3-4-8-18(17)25)10-11-19(14)27-23(30)21-13-15-6-2-5-9-20(15)31-21/h2-13H,1H3,(H,27,30)(H2,26,28,29,32). The number of hydrogen-bond donors (Lipinski definition) is 3. The van der Waals surface area contributed by atoms with Gasteiger partial charge in [-0.2, -0.15) is 0 Å². The fourth-order valence-corrected chi connectivity index (χ4v) is 3.81. The van der Waals surface area contributed by atoms with Crippen LogP contribution in [0.3, 0.4) is 0 Å². The molecule has 0 saturated carbocycles. The van der Waals surface area contributed by atoms with Gasteiger partial charge in [-0.1, -0.05) is 30.3 Å². The first-order valence-electron chi connectivity index (χ1n) is 9.68. The highest BCUT2D eigenvalue weighted by Gasteiger charge is 2.14. The van der Waals surface area contributed by atoms with E-state index in [1.165, 1.54) is 0 Å². The lowest BCUT2D eigenvalue weighted by atomic mass is 10.1. The Bertz CT molecular complexity index is 1320. The van der Waals surface area contributed by atoms with Gasteiger partial charge in [-0.25, -0.2) is 0 Å². The van der Waals surface area contributed by atoms with E-state index in [0.29, 0.717) is 27.0 Å². The molecule has 0 unspecified atom stereocenters. The Morgan fingerprint density at radius 2 is 1.66 bits per heavy atom. The number of thiocarbonyl (C=S) groups is 1. The molecule has 4 aromatic rings. The van der Waals surface area contributed by atoms with Gasteiger partial charge in [0.15, 0.2) is 10.9 Å². The smallest absolute Gasteiger partial charge is 0.291 e. The Labute approximate surface area is 198 Å². The predicted octanol–water partition coefficient (Wildman–Crippen LogP) is 5.88. The van der Waals surface area contributed by atoms with E-state index >= 15 is 0 Å². The Morgan fingerprint density at radius 1 is 0.906 bits per heavy atom. The number of aryl methyl sites for hydroxylation is 1. The van der Waals surface area contributed by atoms with Crippen LogP contribution in [-0.4, -0.2) is 16.9 Å². The lowest BCUT2D eigenvalue weighted by Crippen LogP contribution is -2.34. The molecule has 32 heavy (non-hydrogen) atoms. The molecule has 3 N–H and O–H groups in total. The van der Waals surface area contributed by atoms with Gasteiger partial charge in [0.25, 0.3) is 11.8 Å². The quantitative estimate of drug-likeness (QED) is 0.300. The van der Waals surface area contributed by atoms with Gasteiger partial charge in [-0.05, 0) is 83.1 Å². The zero-order valence-electron chi connectivity index (χ0n) is 16.9. The summed E-state index contributed by atoms with van der Waals surface area (Å²) in [5.41, 5.74) is 3.29. The Hall–Kier alpha value is -3.49. The third-order valence-corrected chi connectivity index (χ3v) is 5.62. The van der Waals surface area contributed by atoms with Crippen molar-refractivity contribution in [3.8, 4) is 0 Å². The summed E-state index contributed by atoms with van der Waals surface area (Å²) in [4.78, 5) is 25.0. The summed E-state index contributed by atoms with van der Waals surface area (Å²) in [5.74, 6) is -0.411. The molecule has 0 bridgehead atoms. The number of carbonyl (C=O) groups excluding carboxylic acids is 2. The summed E-state index contributed by atoms with van der Waals surface area (Å²) in [6.07, 6.45) is 0.